The minimum absolute atomic E-state index is 0.0956. The highest BCUT2D eigenvalue weighted by Gasteiger charge is 2.41. The first-order valence-electron chi connectivity index (χ1n) is 5.80. The molecule has 0 atom stereocenters. The zero-order valence-electron chi connectivity index (χ0n) is 9.85. The SMILES string of the molecule is COC(=O)CCNC1CCC(C(F)(F)F)CC1. The van der Waals surface area contributed by atoms with Crippen LogP contribution in [0.2, 0.25) is 0 Å². The van der Waals surface area contributed by atoms with Gasteiger partial charge in [0, 0.05) is 12.6 Å². The van der Waals surface area contributed by atoms with E-state index in [1.165, 1.54) is 7.11 Å². The van der Waals surface area contributed by atoms with E-state index < -0.39 is 12.1 Å². The van der Waals surface area contributed by atoms with E-state index in [2.05, 4.69) is 10.1 Å². The first kappa shape index (κ1) is 14.3. The molecular weight excluding hydrogens is 235 g/mol. The Kier molecular flexibility index (Phi) is 5.24. The second kappa shape index (κ2) is 6.23. The van der Waals surface area contributed by atoms with Crippen molar-refractivity contribution in [3.8, 4) is 0 Å². The highest BCUT2D eigenvalue weighted by molar-refractivity contribution is 5.69. The summed E-state index contributed by atoms with van der Waals surface area (Å²) in [6.07, 6.45) is -2.40. The molecule has 0 spiro atoms. The smallest absolute Gasteiger partial charge is 0.391 e. The Morgan fingerprint density at radius 2 is 1.88 bits per heavy atom. The van der Waals surface area contributed by atoms with Gasteiger partial charge in [0.05, 0.1) is 19.4 Å². The molecule has 0 heterocycles. The van der Waals surface area contributed by atoms with Gasteiger partial charge in [-0.3, -0.25) is 4.79 Å². The summed E-state index contributed by atoms with van der Waals surface area (Å²) in [5, 5.41) is 3.09. The van der Waals surface area contributed by atoms with Crippen LogP contribution in [0.15, 0.2) is 0 Å². The van der Waals surface area contributed by atoms with Gasteiger partial charge in [-0.15, -0.1) is 0 Å². The van der Waals surface area contributed by atoms with E-state index >= 15 is 0 Å². The molecule has 100 valence electrons. The van der Waals surface area contributed by atoms with Gasteiger partial charge < -0.3 is 10.1 Å². The first-order valence-corrected chi connectivity index (χ1v) is 5.80. The number of alkyl halides is 3. The molecule has 0 aromatic heterocycles. The van der Waals surface area contributed by atoms with Crippen molar-refractivity contribution < 1.29 is 22.7 Å². The quantitative estimate of drug-likeness (QED) is 0.781. The number of hydrogen-bond donors (Lipinski definition) is 1. The van der Waals surface area contributed by atoms with E-state index in [-0.39, 0.29) is 31.3 Å². The van der Waals surface area contributed by atoms with E-state index in [9.17, 15) is 18.0 Å². The van der Waals surface area contributed by atoms with Crippen LogP contribution in [0.4, 0.5) is 13.2 Å². The normalized spacial score (nSPS) is 25.6. The van der Waals surface area contributed by atoms with Gasteiger partial charge in [-0.25, -0.2) is 0 Å². The third-order valence-electron chi connectivity index (χ3n) is 3.18. The molecule has 0 radical (unpaired) electrons. The van der Waals surface area contributed by atoms with Crippen LogP contribution in [-0.2, 0) is 9.53 Å². The summed E-state index contributed by atoms with van der Waals surface area (Å²) in [6.45, 7) is 0.466. The number of ether oxygens (including phenoxy) is 1. The fourth-order valence-electron chi connectivity index (χ4n) is 2.11. The zero-order valence-corrected chi connectivity index (χ0v) is 9.85. The number of nitrogens with one attached hydrogen (secondary N) is 1. The molecule has 1 saturated carbocycles. The number of esters is 1. The Morgan fingerprint density at radius 3 is 2.35 bits per heavy atom. The average molecular weight is 253 g/mol. The van der Waals surface area contributed by atoms with Crippen molar-refractivity contribution in [2.24, 2.45) is 5.92 Å². The molecule has 0 aromatic carbocycles. The molecule has 6 heteroatoms. The van der Waals surface area contributed by atoms with E-state index in [4.69, 9.17) is 0 Å². The van der Waals surface area contributed by atoms with Gasteiger partial charge in [0.2, 0.25) is 0 Å². The average Bonchev–Trinajstić information content (AvgIpc) is 2.28. The van der Waals surface area contributed by atoms with Crippen LogP contribution in [0.5, 0.6) is 0 Å². The minimum Gasteiger partial charge on any atom is -0.469 e. The standard InChI is InChI=1S/C11H18F3NO2/c1-17-10(16)6-7-15-9-4-2-8(3-5-9)11(12,13)14/h8-9,15H,2-7H2,1H3. The summed E-state index contributed by atoms with van der Waals surface area (Å²) in [6, 6.07) is 0.0956. The Labute approximate surface area is 98.7 Å². The summed E-state index contributed by atoms with van der Waals surface area (Å²) < 4.78 is 41.6. The molecule has 1 rings (SSSR count). The van der Waals surface area contributed by atoms with Crippen LogP contribution in [0, 0.1) is 5.92 Å². The second-order valence-corrected chi connectivity index (χ2v) is 4.37. The number of rotatable bonds is 4. The zero-order chi connectivity index (χ0) is 12.9. The maximum absolute atomic E-state index is 12.4. The largest absolute Gasteiger partial charge is 0.469 e. The first-order chi connectivity index (χ1) is 7.93. The summed E-state index contributed by atoms with van der Waals surface area (Å²) in [4.78, 5) is 10.8. The number of carbonyl (C=O) groups is 1. The molecule has 3 nitrogen and oxygen atoms in total. The number of methoxy groups -OCH3 is 1. The van der Waals surface area contributed by atoms with Gasteiger partial charge in [-0.1, -0.05) is 0 Å². The van der Waals surface area contributed by atoms with Crippen LogP contribution < -0.4 is 5.32 Å². The Morgan fingerprint density at radius 1 is 1.29 bits per heavy atom. The lowest BCUT2D eigenvalue weighted by molar-refractivity contribution is -0.182. The predicted molar refractivity (Wildman–Crippen MR) is 56.4 cm³/mol. The third kappa shape index (κ3) is 4.93. The van der Waals surface area contributed by atoms with Crippen molar-refractivity contribution in [3.05, 3.63) is 0 Å². The lowest BCUT2D eigenvalue weighted by Crippen LogP contribution is -2.37. The van der Waals surface area contributed by atoms with Crippen molar-refractivity contribution in [2.45, 2.75) is 44.3 Å². The van der Waals surface area contributed by atoms with Crippen LogP contribution in [-0.4, -0.2) is 31.8 Å². The van der Waals surface area contributed by atoms with Crippen molar-refractivity contribution in [2.75, 3.05) is 13.7 Å². The maximum Gasteiger partial charge on any atom is 0.391 e. The van der Waals surface area contributed by atoms with Gasteiger partial charge in [0.1, 0.15) is 0 Å². The lowest BCUT2D eigenvalue weighted by atomic mass is 9.85. The summed E-state index contributed by atoms with van der Waals surface area (Å²) in [7, 11) is 1.32. The summed E-state index contributed by atoms with van der Waals surface area (Å²) in [5.74, 6) is -1.46. The minimum atomic E-state index is -4.06. The Bertz CT molecular complexity index is 248. The molecular formula is C11H18F3NO2. The molecule has 1 fully saturated rings. The fourth-order valence-corrected chi connectivity index (χ4v) is 2.11. The van der Waals surface area contributed by atoms with E-state index in [0.29, 0.717) is 19.4 Å². The molecule has 0 aromatic rings. The van der Waals surface area contributed by atoms with Gasteiger partial charge in [0.15, 0.2) is 0 Å². The van der Waals surface area contributed by atoms with Crippen LogP contribution >= 0.6 is 0 Å². The van der Waals surface area contributed by atoms with Gasteiger partial charge in [0.25, 0.3) is 0 Å². The van der Waals surface area contributed by atoms with E-state index in [1.807, 2.05) is 0 Å². The molecule has 17 heavy (non-hydrogen) atoms. The molecule has 1 aliphatic rings. The van der Waals surface area contributed by atoms with Crippen LogP contribution in [0.3, 0.4) is 0 Å². The Balaban J connectivity index is 2.17. The summed E-state index contributed by atoms with van der Waals surface area (Å²) >= 11 is 0. The Hall–Kier alpha value is -0.780. The third-order valence-corrected chi connectivity index (χ3v) is 3.18. The molecule has 0 bridgehead atoms. The van der Waals surface area contributed by atoms with Gasteiger partial charge in [-0.05, 0) is 25.7 Å². The fraction of sp³-hybridized carbons (Fsp3) is 0.909. The lowest BCUT2D eigenvalue weighted by Gasteiger charge is -2.30. The van der Waals surface area contributed by atoms with E-state index in [0.717, 1.165) is 0 Å². The number of carbonyl (C=O) groups excluding carboxylic acids is 1. The second-order valence-electron chi connectivity index (χ2n) is 4.37. The summed E-state index contributed by atoms with van der Waals surface area (Å²) in [5.41, 5.74) is 0. The van der Waals surface area contributed by atoms with Crippen LogP contribution in [0.25, 0.3) is 0 Å². The van der Waals surface area contributed by atoms with Gasteiger partial charge >= 0.3 is 12.1 Å². The highest BCUT2D eigenvalue weighted by atomic mass is 19.4. The van der Waals surface area contributed by atoms with Crippen LogP contribution in [0.1, 0.15) is 32.1 Å². The van der Waals surface area contributed by atoms with E-state index in [1.54, 1.807) is 0 Å². The maximum atomic E-state index is 12.4. The molecule has 0 unspecified atom stereocenters. The molecule has 1 N–H and O–H groups in total. The van der Waals surface area contributed by atoms with Crippen molar-refractivity contribution in [1.82, 2.24) is 5.32 Å². The van der Waals surface area contributed by atoms with Gasteiger partial charge in [-0.2, -0.15) is 13.2 Å². The molecule has 0 amide bonds. The van der Waals surface area contributed by atoms with Crippen molar-refractivity contribution in [3.63, 3.8) is 0 Å². The topological polar surface area (TPSA) is 38.3 Å². The van der Waals surface area contributed by atoms with Crippen molar-refractivity contribution in [1.29, 1.82) is 0 Å². The monoisotopic (exact) mass is 253 g/mol. The highest BCUT2D eigenvalue weighted by Crippen LogP contribution is 2.37. The number of halogens is 3. The molecule has 1 aliphatic carbocycles. The number of hydrogen-bond acceptors (Lipinski definition) is 3. The molecule has 0 aliphatic heterocycles. The van der Waals surface area contributed by atoms with Crippen molar-refractivity contribution >= 4 is 5.97 Å². The molecule has 0 saturated heterocycles. The predicted octanol–water partition coefficient (Wildman–Crippen LogP) is 2.26.